The monoisotopic (exact) mass is 228 g/mol. The van der Waals surface area contributed by atoms with E-state index in [1.807, 2.05) is 0 Å². The molecule has 15 heavy (non-hydrogen) atoms. The van der Waals surface area contributed by atoms with Crippen LogP contribution in [0, 0.1) is 0 Å². The molecule has 3 N–H and O–H groups in total. The van der Waals surface area contributed by atoms with E-state index in [0.717, 1.165) is 0 Å². The SMILES string of the molecule is C=C/C=C(/O)CCNC(=S)NC(=C)OC. The molecule has 0 heterocycles. The Morgan fingerprint density at radius 3 is 2.80 bits per heavy atom. The van der Waals surface area contributed by atoms with E-state index in [2.05, 4.69) is 23.8 Å². The highest BCUT2D eigenvalue weighted by atomic mass is 32.1. The van der Waals surface area contributed by atoms with Crippen LogP contribution in [0.25, 0.3) is 0 Å². The Labute approximate surface area is 95.3 Å². The Morgan fingerprint density at radius 2 is 2.27 bits per heavy atom. The van der Waals surface area contributed by atoms with Gasteiger partial charge < -0.3 is 20.5 Å². The number of hydrogen-bond acceptors (Lipinski definition) is 3. The van der Waals surface area contributed by atoms with Gasteiger partial charge in [-0.2, -0.15) is 0 Å². The average Bonchev–Trinajstić information content (AvgIpc) is 2.18. The fourth-order valence-corrected chi connectivity index (χ4v) is 0.961. The normalized spacial score (nSPS) is 10.3. The highest BCUT2D eigenvalue weighted by Crippen LogP contribution is 1.94. The van der Waals surface area contributed by atoms with Gasteiger partial charge in [-0.3, -0.25) is 0 Å². The van der Waals surface area contributed by atoms with Gasteiger partial charge in [0.05, 0.1) is 12.9 Å². The van der Waals surface area contributed by atoms with Crippen molar-refractivity contribution in [2.75, 3.05) is 13.7 Å². The van der Waals surface area contributed by atoms with Gasteiger partial charge in [-0.1, -0.05) is 12.7 Å². The number of rotatable bonds is 6. The summed E-state index contributed by atoms with van der Waals surface area (Å²) in [5.41, 5.74) is 0. The number of aliphatic hydroxyl groups is 1. The van der Waals surface area contributed by atoms with Gasteiger partial charge in [-0.25, -0.2) is 0 Å². The minimum Gasteiger partial charge on any atom is -0.512 e. The van der Waals surface area contributed by atoms with E-state index < -0.39 is 0 Å². The lowest BCUT2D eigenvalue weighted by molar-refractivity contribution is 0.277. The van der Waals surface area contributed by atoms with Crippen LogP contribution in [0.4, 0.5) is 0 Å². The van der Waals surface area contributed by atoms with Crippen molar-refractivity contribution >= 4 is 17.3 Å². The summed E-state index contributed by atoms with van der Waals surface area (Å²) < 4.78 is 4.78. The van der Waals surface area contributed by atoms with Crippen molar-refractivity contribution in [1.82, 2.24) is 10.6 Å². The number of ether oxygens (including phenoxy) is 1. The van der Waals surface area contributed by atoms with E-state index in [1.54, 1.807) is 0 Å². The molecule has 0 rings (SSSR count). The van der Waals surface area contributed by atoms with Crippen LogP contribution in [0.5, 0.6) is 0 Å². The molecule has 0 amide bonds. The highest BCUT2D eigenvalue weighted by Gasteiger charge is 1.97. The van der Waals surface area contributed by atoms with Crippen LogP contribution in [-0.2, 0) is 4.74 Å². The lowest BCUT2D eigenvalue weighted by atomic mass is 10.3. The number of nitrogens with one attached hydrogen (secondary N) is 2. The van der Waals surface area contributed by atoms with E-state index in [9.17, 15) is 5.11 Å². The Bertz CT molecular complexity index is 275. The van der Waals surface area contributed by atoms with Crippen molar-refractivity contribution < 1.29 is 9.84 Å². The van der Waals surface area contributed by atoms with Gasteiger partial charge in [-0.05, 0) is 24.9 Å². The summed E-state index contributed by atoms with van der Waals surface area (Å²) >= 11 is 4.93. The Balaban J connectivity index is 3.68. The lowest BCUT2D eigenvalue weighted by Crippen LogP contribution is -2.35. The molecule has 0 aliphatic rings. The number of methoxy groups -OCH3 is 1. The number of thiocarbonyl (C=S) groups is 1. The van der Waals surface area contributed by atoms with Crippen LogP contribution < -0.4 is 10.6 Å². The van der Waals surface area contributed by atoms with Crippen LogP contribution in [0.2, 0.25) is 0 Å². The predicted molar refractivity (Wildman–Crippen MR) is 65.4 cm³/mol. The van der Waals surface area contributed by atoms with Crippen molar-refractivity contribution in [3.8, 4) is 0 Å². The molecule has 0 aliphatic carbocycles. The molecule has 0 aromatic heterocycles. The van der Waals surface area contributed by atoms with Crippen LogP contribution in [0.3, 0.4) is 0 Å². The first-order valence-electron chi connectivity index (χ1n) is 4.38. The minimum atomic E-state index is 0.255. The van der Waals surface area contributed by atoms with E-state index in [-0.39, 0.29) is 5.76 Å². The molecule has 0 aromatic rings. The summed E-state index contributed by atoms with van der Waals surface area (Å²) in [6.45, 7) is 7.55. The highest BCUT2D eigenvalue weighted by molar-refractivity contribution is 7.80. The Kier molecular flexibility index (Phi) is 7.09. The molecule has 84 valence electrons. The number of hydrogen-bond donors (Lipinski definition) is 3. The van der Waals surface area contributed by atoms with Crippen molar-refractivity contribution in [2.45, 2.75) is 6.42 Å². The van der Waals surface area contributed by atoms with Gasteiger partial charge in [-0.15, -0.1) is 0 Å². The second-order valence-electron chi connectivity index (χ2n) is 2.65. The quantitative estimate of drug-likeness (QED) is 0.366. The van der Waals surface area contributed by atoms with Crippen LogP contribution in [0.1, 0.15) is 6.42 Å². The third-order valence-corrected chi connectivity index (χ3v) is 1.72. The number of allylic oxidation sites excluding steroid dienone is 2. The Hall–Kier alpha value is -1.49. The van der Waals surface area contributed by atoms with Crippen molar-refractivity contribution in [2.24, 2.45) is 0 Å². The molecule has 0 fully saturated rings. The molecule has 0 spiro atoms. The van der Waals surface area contributed by atoms with Gasteiger partial charge in [0.15, 0.2) is 11.0 Å². The summed E-state index contributed by atoms with van der Waals surface area (Å²) in [7, 11) is 1.50. The van der Waals surface area contributed by atoms with Crippen molar-refractivity contribution in [1.29, 1.82) is 0 Å². The molecule has 5 heteroatoms. The van der Waals surface area contributed by atoms with Crippen LogP contribution >= 0.6 is 12.2 Å². The zero-order valence-corrected chi connectivity index (χ0v) is 9.56. The summed E-state index contributed by atoms with van der Waals surface area (Å²) in [5, 5.41) is 15.2. The molecular weight excluding hydrogens is 212 g/mol. The minimum absolute atomic E-state index is 0.255. The fourth-order valence-electron chi connectivity index (χ4n) is 0.745. The maximum absolute atomic E-state index is 9.23. The summed E-state index contributed by atoms with van der Waals surface area (Å²) in [6.07, 6.45) is 3.54. The fraction of sp³-hybridized carbons (Fsp3) is 0.300. The zero-order chi connectivity index (χ0) is 11.7. The first-order chi connectivity index (χ1) is 7.10. The summed E-state index contributed by atoms with van der Waals surface area (Å²) in [5.74, 6) is 0.629. The average molecular weight is 228 g/mol. The van der Waals surface area contributed by atoms with E-state index >= 15 is 0 Å². The zero-order valence-electron chi connectivity index (χ0n) is 8.75. The first kappa shape index (κ1) is 13.5. The largest absolute Gasteiger partial charge is 0.512 e. The van der Waals surface area contributed by atoms with E-state index in [0.29, 0.717) is 24.0 Å². The van der Waals surface area contributed by atoms with Gasteiger partial charge in [0.25, 0.3) is 0 Å². The standard InChI is InChI=1S/C10H16N2O2S/c1-4-5-9(13)6-7-11-10(15)12-8(2)14-3/h4-5,13H,1-2,6-7H2,3H3,(H2,11,12,15)/b9-5+. The molecule has 4 nitrogen and oxygen atoms in total. The topological polar surface area (TPSA) is 53.5 Å². The van der Waals surface area contributed by atoms with E-state index in [1.165, 1.54) is 19.3 Å². The van der Waals surface area contributed by atoms with Gasteiger partial charge in [0.2, 0.25) is 0 Å². The third kappa shape index (κ3) is 7.57. The predicted octanol–water partition coefficient (Wildman–Crippen LogP) is 1.59. The van der Waals surface area contributed by atoms with Crippen molar-refractivity contribution in [3.05, 3.63) is 37.0 Å². The molecule has 0 saturated heterocycles. The third-order valence-electron chi connectivity index (χ3n) is 1.48. The van der Waals surface area contributed by atoms with Crippen molar-refractivity contribution in [3.63, 3.8) is 0 Å². The molecular formula is C10H16N2O2S. The Morgan fingerprint density at radius 1 is 1.60 bits per heavy atom. The summed E-state index contributed by atoms with van der Waals surface area (Å²) in [4.78, 5) is 0. The molecule has 0 unspecified atom stereocenters. The maximum atomic E-state index is 9.23. The molecule has 0 bridgehead atoms. The smallest absolute Gasteiger partial charge is 0.185 e. The van der Waals surface area contributed by atoms with Gasteiger partial charge in [0.1, 0.15) is 0 Å². The van der Waals surface area contributed by atoms with Crippen LogP contribution in [0.15, 0.2) is 37.0 Å². The second kappa shape index (κ2) is 7.87. The maximum Gasteiger partial charge on any atom is 0.185 e. The molecule has 0 atom stereocenters. The summed E-state index contributed by atoms with van der Waals surface area (Å²) in [6, 6.07) is 0. The molecule has 0 aromatic carbocycles. The van der Waals surface area contributed by atoms with E-state index in [4.69, 9.17) is 17.0 Å². The molecule has 0 saturated carbocycles. The second-order valence-corrected chi connectivity index (χ2v) is 3.06. The molecule has 0 aliphatic heterocycles. The lowest BCUT2D eigenvalue weighted by Gasteiger charge is -2.10. The first-order valence-corrected chi connectivity index (χ1v) is 4.79. The molecule has 0 radical (unpaired) electrons. The van der Waals surface area contributed by atoms with Gasteiger partial charge in [0, 0.05) is 13.0 Å². The number of aliphatic hydroxyl groups excluding tert-OH is 1. The van der Waals surface area contributed by atoms with Gasteiger partial charge >= 0.3 is 0 Å². The van der Waals surface area contributed by atoms with Crippen LogP contribution in [-0.4, -0.2) is 23.9 Å².